The monoisotopic (exact) mass is 402 g/mol. The van der Waals surface area contributed by atoms with Gasteiger partial charge in [0.1, 0.15) is 18.1 Å². The van der Waals surface area contributed by atoms with Crippen molar-refractivity contribution in [3.63, 3.8) is 0 Å². The van der Waals surface area contributed by atoms with Crippen LogP contribution in [0.25, 0.3) is 0 Å². The Balaban J connectivity index is 1.69. The first-order valence-electron chi connectivity index (χ1n) is 8.54. The topological polar surface area (TPSA) is 112 Å². The second-order valence-electron chi connectivity index (χ2n) is 6.01. The SMILES string of the molecule is CCn1cc(NC(=O)c2ccc(COc3c(C)cccc3Cl)o2)c(C(N)=O)n1. The first-order chi connectivity index (χ1) is 13.4. The fourth-order valence-corrected chi connectivity index (χ4v) is 2.84. The summed E-state index contributed by atoms with van der Waals surface area (Å²) in [6, 6.07) is 8.60. The number of aryl methyl sites for hydroxylation is 2. The van der Waals surface area contributed by atoms with E-state index >= 15 is 0 Å². The smallest absolute Gasteiger partial charge is 0.291 e. The molecule has 0 radical (unpaired) electrons. The molecule has 9 heteroatoms. The number of ether oxygens (including phenoxy) is 1. The summed E-state index contributed by atoms with van der Waals surface area (Å²) in [5, 5.41) is 7.11. The molecule has 0 aliphatic carbocycles. The fraction of sp³-hybridized carbons (Fsp3) is 0.211. The second-order valence-corrected chi connectivity index (χ2v) is 6.41. The lowest BCUT2D eigenvalue weighted by Crippen LogP contribution is -2.17. The largest absolute Gasteiger partial charge is 0.484 e. The Bertz CT molecular complexity index is 1000. The lowest BCUT2D eigenvalue weighted by Gasteiger charge is -2.09. The van der Waals surface area contributed by atoms with E-state index in [0.29, 0.717) is 23.1 Å². The van der Waals surface area contributed by atoms with Gasteiger partial charge in [-0.25, -0.2) is 0 Å². The van der Waals surface area contributed by atoms with Gasteiger partial charge in [-0.15, -0.1) is 0 Å². The molecule has 2 heterocycles. The Morgan fingerprint density at radius 3 is 2.79 bits per heavy atom. The summed E-state index contributed by atoms with van der Waals surface area (Å²) < 4.78 is 12.7. The number of hydrogen-bond donors (Lipinski definition) is 2. The van der Waals surface area contributed by atoms with Crippen molar-refractivity contribution in [2.45, 2.75) is 27.0 Å². The fourth-order valence-electron chi connectivity index (χ4n) is 2.56. The van der Waals surface area contributed by atoms with Crippen LogP contribution >= 0.6 is 11.6 Å². The average molecular weight is 403 g/mol. The van der Waals surface area contributed by atoms with Crippen molar-refractivity contribution in [2.24, 2.45) is 5.73 Å². The molecule has 1 aromatic carbocycles. The van der Waals surface area contributed by atoms with Crippen molar-refractivity contribution in [1.82, 2.24) is 9.78 Å². The lowest BCUT2D eigenvalue weighted by atomic mass is 10.2. The van der Waals surface area contributed by atoms with Crippen LogP contribution in [0.15, 0.2) is 40.9 Å². The Morgan fingerprint density at radius 2 is 2.11 bits per heavy atom. The minimum Gasteiger partial charge on any atom is -0.484 e. The van der Waals surface area contributed by atoms with E-state index in [0.717, 1.165) is 5.56 Å². The highest BCUT2D eigenvalue weighted by atomic mass is 35.5. The van der Waals surface area contributed by atoms with Crippen LogP contribution in [0.2, 0.25) is 5.02 Å². The third-order valence-electron chi connectivity index (χ3n) is 3.98. The molecule has 0 aliphatic heterocycles. The van der Waals surface area contributed by atoms with E-state index in [1.54, 1.807) is 12.1 Å². The zero-order valence-electron chi connectivity index (χ0n) is 15.4. The number of halogens is 1. The molecule has 0 bridgehead atoms. The quantitative estimate of drug-likeness (QED) is 0.629. The third-order valence-corrected chi connectivity index (χ3v) is 4.27. The van der Waals surface area contributed by atoms with Crippen molar-refractivity contribution in [3.8, 4) is 5.75 Å². The summed E-state index contributed by atoms with van der Waals surface area (Å²) in [4.78, 5) is 23.9. The molecule has 8 nitrogen and oxygen atoms in total. The highest BCUT2D eigenvalue weighted by Gasteiger charge is 2.19. The Hall–Kier alpha value is -3.26. The van der Waals surface area contributed by atoms with Crippen LogP contribution in [0.1, 0.15) is 39.3 Å². The number of nitrogens with two attached hydrogens (primary N) is 1. The highest BCUT2D eigenvalue weighted by Crippen LogP contribution is 2.28. The first-order valence-corrected chi connectivity index (χ1v) is 8.92. The summed E-state index contributed by atoms with van der Waals surface area (Å²) in [6.45, 7) is 4.37. The molecular formula is C19H19ClN4O4. The standard InChI is InChI=1S/C19H19ClN4O4/c1-3-24-9-14(16(23-24)18(21)25)22-19(26)15-8-7-12(28-15)10-27-17-11(2)5-4-6-13(17)20/h4-9H,3,10H2,1-2H3,(H2,21,25)(H,22,26). The van der Waals surface area contributed by atoms with E-state index in [2.05, 4.69) is 10.4 Å². The van der Waals surface area contributed by atoms with E-state index in [9.17, 15) is 9.59 Å². The molecule has 3 aromatic rings. The maximum absolute atomic E-state index is 12.4. The van der Waals surface area contributed by atoms with Crippen LogP contribution in [0.4, 0.5) is 5.69 Å². The highest BCUT2D eigenvalue weighted by molar-refractivity contribution is 6.32. The number of hydrogen-bond acceptors (Lipinski definition) is 5. The van der Waals surface area contributed by atoms with Gasteiger partial charge < -0.3 is 20.2 Å². The number of aromatic nitrogens is 2. The molecule has 3 N–H and O–H groups in total. The van der Waals surface area contributed by atoms with E-state index in [-0.39, 0.29) is 23.7 Å². The van der Waals surface area contributed by atoms with Crippen molar-refractivity contribution < 1.29 is 18.7 Å². The summed E-state index contributed by atoms with van der Waals surface area (Å²) in [5.74, 6) is -0.188. The Kier molecular flexibility index (Phi) is 5.70. The maximum atomic E-state index is 12.4. The maximum Gasteiger partial charge on any atom is 0.291 e. The Labute approximate surface area is 166 Å². The number of amides is 2. The summed E-state index contributed by atoms with van der Waals surface area (Å²) in [6.07, 6.45) is 1.53. The summed E-state index contributed by atoms with van der Waals surface area (Å²) >= 11 is 6.13. The van der Waals surface area contributed by atoms with Gasteiger partial charge in [-0.3, -0.25) is 14.3 Å². The number of para-hydroxylation sites is 1. The van der Waals surface area contributed by atoms with Gasteiger partial charge in [-0.1, -0.05) is 23.7 Å². The number of nitrogens with zero attached hydrogens (tertiary/aromatic N) is 2. The van der Waals surface area contributed by atoms with Crippen molar-refractivity contribution in [1.29, 1.82) is 0 Å². The van der Waals surface area contributed by atoms with Gasteiger partial charge in [0.05, 0.1) is 10.7 Å². The molecule has 0 saturated heterocycles. The van der Waals surface area contributed by atoms with Crippen molar-refractivity contribution in [2.75, 3.05) is 5.32 Å². The van der Waals surface area contributed by atoms with Crippen LogP contribution < -0.4 is 15.8 Å². The molecule has 0 unspecified atom stereocenters. The van der Waals surface area contributed by atoms with E-state index < -0.39 is 11.8 Å². The van der Waals surface area contributed by atoms with Gasteiger partial charge in [0.15, 0.2) is 11.5 Å². The molecule has 0 saturated carbocycles. The van der Waals surface area contributed by atoms with Gasteiger partial charge in [0.25, 0.3) is 11.8 Å². The predicted octanol–water partition coefficient (Wildman–Crippen LogP) is 3.39. The van der Waals surface area contributed by atoms with Crippen LogP contribution in [-0.4, -0.2) is 21.6 Å². The Morgan fingerprint density at radius 1 is 1.32 bits per heavy atom. The number of rotatable bonds is 7. The molecule has 2 amide bonds. The van der Waals surface area contributed by atoms with Crippen LogP contribution in [0.3, 0.4) is 0 Å². The van der Waals surface area contributed by atoms with E-state index in [1.807, 2.05) is 26.0 Å². The van der Waals surface area contributed by atoms with Crippen molar-refractivity contribution >= 4 is 29.1 Å². The number of primary amides is 1. The number of furan rings is 1. The number of carbonyl (C=O) groups excluding carboxylic acids is 2. The van der Waals surface area contributed by atoms with Gasteiger partial charge in [0, 0.05) is 12.7 Å². The van der Waals surface area contributed by atoms with Gasteiger partial charge in [-0.2, -0.15) is 5.10 Å². The molecular weight excluding hydrogens is 384 g/mol. The van der Waals surface area contributed by atoms with E-state index in [1.165, 1.54) is 16.9 Å². The lowest BCUT2D eigenvalue weighted by molar-refractivity contribution is 0.0992. The normalized spacial score (nSPS) is 10.7. The van der Waals surface area contributed by atoms with Crippen molar-refractivity contribution in [3.05, 3.63) is 64.3 Å². The number of nitrogens with one attached hydrogen (secondary N) is 1. The summed E-state index contributed by atoms with van der Waals surface area (Å²) in [5.41, 5.74) is 6.40. The van der Waals surface area contributed by atoms with Crippen LogP contribution in [-0.2, 0) is 13.2 Å². The molecule has 28 heavy (non-hydrogen) atoms. The molecule has 3 rings (SSSR count). The van der Waals surface area contributed by atoms with Gasteiger partial charge in [-0.05, 0) is 37.6 Å². The number of benzene rings is 1. The first kappa shape index (κ1) is 19.5. The predicted molar refractivity (Wildman–Crippen MR) is 104 cm³/mol. The molecule has 0 aliphatic rings. The minimum absolute atomic E-state index is 0.0143. The average Bonchev–Trinajstić information content (AvgIpc) is 3.28. The number of anilines is 1. The molecule has 146 valence electrons. The molecule has 0 spiro atoms. The third kappa shape index (κ3) is 4.17. The van der Waals surface area contributed by atoms with Gasteiger partial charge in [0.2, 0.25) is 0 Å². The van der Waals surface area contributed by atoms with Crippen LogP contribution in [0, 0.1) is 6.92 Å². The zero-order valence-corrected chi connectivity index (χ0v) is 16.1. The zero-order chi connectivity index (χ0) is 20.3. The summed E-state index contributed by atoms with van der Waals surface area (Å²) in [7, 11) is 0. The van der Waals surface area contributed by atoms with E-state index in [4.69, 9.17) is 26.5 Å². The minimum atomic E-state index is -0.730. The molecule has 0 atom stereocenters. The number of carbonyl (C=O) groups is 2. The second kappa shape index (κ2) is 8.18. The molecule has 0 fully saturated rings. The van der Waals surface area contributed by atoms with Gasteiger partial charge >= 0.3 is 0 Å². The molecule has 2 aromatic heterocycles. The van der Waals surface area contributed by atoms with Crippen LogP contribution in [0.5, 0.6) is 5.75 Å².